The monoisotopic (exact) mass is 918 g/mol. The second-order valence-electron chi connectivity index (χ2n) is 22.9. The second-order valence-corrected chi connectivity index (χ2v) is 58.6. The summed E-state index contributed by atoms with van der Waals surface area (Å²) in [5.74, 6) is 0. The smallest absolute Gasteiger partial charge is 0.185 e. The predicted molar refractivity (Wildman–Crippen MR) is 248 cm³/mol. The summed E-state index contributed by atoms with van der Waals surface area (Å²) in [4.78, 5) is 13.0. The first-order valence-electron chi connectivity index (χ1n) is 20.3. The van der Waals surface area contributed by atoms with Crippen molar-refractivity contribution in [1.82, 2.24) is 0 Å². The minimum Gasteiger partial charge on any atom is -0.415 e. The Morgan fingerprint density at radius 2 is 0.873 bits per heavy atom. The maximum absolute atomic E-state index is 13.0. The SMILES string of the molecule is C[Si](C)(C)OC[C@H]1OC(OCC(O[Si](C)(C)C)C(O[Si](C)(C)C)C(O[Si](C)(C)C)C(C=O)O[Si](C)(C)C)[C@H](O[Si](C)(C)C)[C@@H](O[Si](C)(C)C)[C@@H]1O[Si](C)(C)C. The molecule has 0 aromatic heterocycles. The predicted octanol–water partition coefficient (Wildman–Crippen LogP) is 9.32. The van der Waals surface area contributed by atoms with Crippen LogP contribution in [0.25, 0.3) is 0 Å². The highest BCUT2D eigenvalue weighted by molar-refractivity contribution is 6.72. The van der Waals surface area contributed by atoms with Gasteiger partial charge in [-0.2, -0.15) is 0 Å². The summed E-state index contributed by atoms with van der Waals surface area (Å²) in [5.41, 5.74) is 0. The van der Waals surface area contributed by atoms with Gasteiger partial charge >= 0.3 is 0 Å². The minimum absolute atomic E-state index is 0.112. The molecule has 5 unspecified atom stereocenters. The Morgan fingerprint density at radius 1 is 0.473 bits per heavy atom. The molecule has 9 atom stereocenters. The molecule has 1 saturated heterocycles. The van der Waals surface area contributed by atoms with E-state index < -0.39 is 122 Å². The molecule has 1 aliphatic rings. The highest BCUT2D eigenvalue weighted by atomic mass is 28.4. The molecule has 0 aromatic carbocycles. The lowest BCUT2D eigenvalue weighted by molar-refractivity contribution is -0.296. The van der Waals surface area contributed by atoms with Gasteiger partial charge in [0.2, 0.25) is 0 Å². The second kappa shape index (κ2) is 20.3. The average Bonchev–Trinajstić information content (AvgIpc) is 2.88. The number of ether oxygens (including phenoxy) is 2. The van der Waals surface area contributed by atoms with Gasteiger partial charge in [-0.25, -0.2) is 0 Å². The van der Waals surface area contributed by atoms with E-state index in [4.69, 9.17) is 44.9 Å². The summed E-state index contributed by atoms with van der Waals surface area (Å²) < 4.78 is 69.3. The first kappa shape index (κ1) is 54.0. The minimum atomic E-state index is -2.27. The fourth-order valence-electron chi connectivity index (χ4n) is 6.02. The maximum atomic E-state index is 13.0. The molecule has 328 valence electrons. The lowest BCUT2D eigenvalue weighted by Crippen LogP contribution is -2.67. The van der Waals surface area contributed by atoms with Gasteiger partial charge in [-0.3, -0.25) is 0 Å². The number of aldehydes is 1. The molecule has 0 bridgehead atoms. The lowest BCUT2D eigenvalue weighted by atomic mass is 9.99. The number of carbonyl (C=O) groups is 1. The lowest BCUT2D eigenvalue weighted by Gasteiger charge is -2.51. The van der Waals surface area contributed by atoms with Crippen LogP contribution in [-0.2, 0) is 49.7 Å². The summed E-state index contributed by atoms with van der Waals surface area (Å²) in [6.45, 7) is 52.3. The molecule has 19 heteroatoms. The molecule has 1 aliphatic heterocycles. The van der Waals surface area contributed by atoms with Gasteiger partial charge in [0.25, 0.3) is 0 Å². The standard InChI is InChI=1S/C36H86O11Si8/c1-48(2,3)39-27-29-32(44-52(13,14)15)34(46-54(19,20)21)35(47-55(22,23)24)36(40-29)38-26-30(42-50(7,8)9)33(45-53(16,17)18)31(43-51(10,11)12)28(25-37)41-49(4,5)6/h25,28-36H,26-27H2,1-24H3/t28?,29-,30?,31?,32-,33?,34+,35-,36?/m1/s1. The van der Waals surface area contributed by atoms with Crippen LogP contribution in [0.2, 0.25) is 157 Å². The molecular weight excluding hydrogens is 833 g/mol. The van der Waals surface area contributed by atoms with Crippen molar-refractivity contribution in [2.75, 3.05) is 13.2 Å². The van der Waals surface area contributed by atoms with Crippen molar-refractivity contribution in [2.45, 2.75) is 212 Å². The molecule has 0 saturated carbocycles. The highest BCUT2D eigenvalue weighted by Crippen LogP contribution is 2.36. The van der Waals surface area contributed by atoms with Crippen molar-refractivity contribution in [1.29, 1.82) is 0 Å². The van der Waals surface area contributed by atoms with Crippen LogP contribution in [-0.4, -0.2) is 141 Å². The Hall–Kier alpha value is 1.01. The normalized spacial score (nSPS) is 25.1. The third kappa shape index (κ3) is 23.6. The summed E-state index contributed by atoms with van der Waals surface area (Å²) >= 11 is 0. The molecule has 0 spiro atoms. The van der Waals surface area contributed by atoms with E-state index in [1.54, 1.807) is 0 Å². The van der Waals surface area contributed by atoms with Crippen LogP contribution in [0.1, 0.15) is 0 Å². The van der Waals surface area contributed by atoms with Gasteiger partial charge in [0.1, 0.15) is 49.0 Å². The van der Waals surface area contributed by atoms with Gasteiger partial charge in [-0.15, -0.1) is 0 Å². The van der Waals surface area contributed by atoms with Crippen LogP contribution in [0.3, 0.4) is 0 Å². The summed E-state index contributed by atoms with van der Waals surface area (Å²) in [6, 6.07) is 0. The molecule has 0 aromatic rings. The fraction of sp³-hybridized carbons (Fsp3) is 0.972. The molecule has 11 nitrogen and oxygen atoms in total. The highest BCUT2D eigenvalue weighted by Gasteiger charge is 2.53. The Balaban J connectivity index is 4.02. The first-order valence-corrected chi connectivity index (χ1v) is 47.6. The quantitative estimate of drug-likeness (QED) is 0.0683. The topological polar surface area (TPSA) is 109 Å². The molecular formula is C36H86O11Si8. The van der Waals surface area contributed by atoms with E-state index in [0.29, 0.717) is 6.61 Å². The Labute approximate surface area is 346 Å². The third-order valence-electron chi connectivity index (χ3n) is 7.29. The van der Waals surface area contributed by atoms with Crippen molar-refractivity contribution >= 4 is 72.8 Å². The Kier molecular flexibility index (Phi) is 19.9. The zero-order valence-corrected chi connectivity index (χ0v) is 47.7. The first-order chi connectivity index (χ1) is 24.2. The van der Waals surface area contributed by atoms with Gasteiger partial charge in [0.15, 0.2) is 72.8 Å². The molecule has 0 aliphatic carbocycles. The van der Waals surface area contributed by atoms with Crippen molar-refractivity contribution in [3.63, 3.8) is 0 Å². The van der Waals surface area contributed by atoms with Gasteiger partial charge in [-0.05, 0) is 157 Å². The summed E-state index contributed by atoms with van der Waals surface area (Å²) in [6.07, 6.45) is -4.61. The number of carbonyl (C=O) groups excluding carboxylic acids is 1. The molecule has 0 amide bonds. The van der Waals surface area contributed by atoms with Crippen LogP contribution < -0.4 is 0 Å². The van der Waals surface area contributed by atoms with E-state index in [1.165, 1.54) is 0 Å². The third-order valence-corrected chi connectivity index (χ3v) is 15.2. The number of rotatable bonds is 24. The van der Waals surface area contributed by atoms with Gasteiger partial charge < -0.3 is 49.7 Å². The van der Waals surface area contributed by atoms with Crippen LogP contribution in [0.15, 0.2) is 0 Å². The molecule has 0 radical (unpaired) electrons. The summed E-state index contributed by atoms with van der Waals surface area (Å²) in [7, 11) is -17.4. The molecule has 1 fully saturated rings. The largest absolute Gasteiger partial charge is 0.415 e. The number of hydrogen-bond acceptors (Lipinski definition) is 11. The zero-order valence-electron chi connectivity index (χ0n) is 39.7. The van der Waals surface area contributed by atoms with Gasteiger partial charge in [0.05, 0.1) is 19.3 Å². The van der Waals surface area contributed by atoms with Crippen molar-refractivity contribution in [2.24, 2.45) is 0 Å². The van der Waals surface area contributed by atoms with E-state index in [-0.39, 0.29) is 6.61 Å². The molecule has 1 heterocycles. The van der Waals surface area contributed by atoms with E-state index in [2.05, 4.69) is 157 Å². The van der Waals surface area contributed by atoms with Gasteiger partial charge in [-0.1, -0.05) is 0 Å². The summed E-state index contributed by atoms with van der Waals surface area (Å²) in [5, 5.41) is 0. The van der Waals surface area contributed by atoms with Crippen molar-refractivity contribution in [3.8, 4) is 0 Å². The van der Waals surface area contributed by atoms with Crippen LogP contribution in [0.5, 0.6) is 0 Å². The molecule has 55 heavy (non-hydrogen) atoms. The van der Waals surface area contributed by atoms with Crippen LogP contribution in [0, 0.1) is 0 Å². The van der Waals surface area contributed by atoms with Crippen LogP contribution >= 0.6 is 0 Å². The van der Waals surface area contributed by atoms with E-state index >= 15 is 0 Å². The Bertz CT molecular complexity index is 1160. The van der Waals surface area contributed by atoms with Gasteiger partial charge in [0, 0.05) is 0 Å². The maximum Gasteiger partial charge on any atom is 0.185 e. The van der Waals surface area contributed by atoms with E-state index in [1.807, 2.05) is 0 Å². The zero-order chi connectivity index (χ0) is 43.4. The molecule has 1 rings (SSSR count). The Morgan fingerprint density at radius 3 is 1.25 bits per heavy atom. The van der Waals surface area contributed by atoms with Crippen molar-refractivity contribution in [3.05, 3.63) is 0 Å². The van der Waals surface area contributed by atoms with E-state index in [9.17, 15) is 4.79 Å². The molecule has 0 N–H and O–H groups in total. The number of hydrogen-bond donors (Lipinski definition) is 0. The van der Waals surface area contributed by atoms with E-state index in [0.717, 1.165) is 6.29 Å². The van der Waals surface area contributed by atoms with Crippen LogP contribution in [0.4, 0.5) is 0 Å². The average molecular weight is 920 g/mol. The van der Waals surface area contributed by atoms with Crippen molar-refractivity contribution < 1.29 is 49.7 Å². The fourth-order valence-corrected chi connectivity index (χ4v) is 14.2.